The summed E-state index contributed by atoms with van der Waals surface area (Å²) >= 11 is 0. The van der Waals surface area contributed by atoms with E-state index in [1.165, 1.54) is 6.07 Å². The molecule has 2 aromatic carbocycles. The van der Waals surface area contributed by atoms with Gasteiger partial charge in [0.1, 0.15) is 5.82 Å². The summed E-state index contributed by atoms with van der Waals surface area (Å²) in [6.45, 7) is 3.71. The number of hydrogen-bond acceptors (Lipinski definition) is 2. The van der Waals surface area contributed by atoms with Crippen LogP contribution in [-0.4, -0.2) is 42.4 Å². The second kappa shape index (κ2) is 7.62. The molecule has 0 aromatic heterocycles. The van der Waals surface area contributed by atoms with Crippen molar-refractivity contribution >= 4 is 12.0 Å². The first kappa shape index (κ1) is 17.4. The minimum absolute atomic E-state index is 0.0123. The van der Waals surface area contributed by atoms with E-state index in [-0.39, 0.29) is 17.8 Å². The number of hydrogen-bond donors (Lipinski definition) is 0. The lowest BCUT2D eigenvalue weighted by Gasteiger charge is -2.40. The fourth-order valence-electron chi connectivity index (χ4n) is 3.25. The molecule has 0 bridgehead atoms. The Kier molecular flexibility index (Phi) is 5.29. The lowest BCUT2D eigenvalue weighted by Crippen LogP contribution is -2.49. The van der Waals surface area contributed by atoms with Crippen molar-refractivity contribution in [2.75, 3.05) is 26.7 Å². The number of nitrogens with zero attached hydrogens (tertiary/aromatic N) is 2. The quantitative estimate of drug-likeness (QED) is 0.796. The Morgan fingerprint density at radius 2 is 1.76 bits per heavy atom. The third-order valence-corrected chi connectivity index (χ3v) is 4.72. The normalized spacial score (nSPS) is 19.1. The van der Waals surface area contributed by atoms with Crippen LogP contribution in [0.2, 0.25) is 0 Å². The lowest BCUT2D eigenvalue weighted by atomic mass is 10.0. The molecule has 3 nitrogen and oxygen atoms in total. The highest BCUT2D eigenvalue weighted by Gasteiger charge is 2.30. The summed E-state index contributed by atoms with van der Waals surface area (Å²) in [7, 11) is 1.98. The molecule has 130 valence electrons. The van der Waals surface area contributed by atoms with Crippen LogP contribution in [0.4, 0.5) is 4.39 Å². The number of likely N-dealkylation sites (N-methyl/N-ethyl adjacent to an activating group) is 1. The maximum Gasteiger partial charge on any atom is 0.249 e. The monoisotopic (exact) mass is 338 g/mol. The molecule has 1 saturated heterocycles. The van der Waals surface area contributed by atoms with Crippen LogP contribution < -0.4 is 0 Å². The van der Waals surface area contributed by atoms with E-state index in [1.807, 2.05) is 61.3 Å². The summed E-state index contributed by atoms with van der Waals surface area (Å²) < 4.78 is 14.2. The number of amides is 1. The van der Waals surface area contributed by atoms with Crippen molar-refractivity contribution in [1.29, 1.82) is 0 Å². The van der Waals surface area contributed by atoms with E-state index in [9.17, 15) is 9.18 Å². The first-order valence-electron chi connectivity index (χ1n) is 8.53. The Morgan fingerprint density at radius 1 is 1.08 bits per heavy atom. The predicted octanol–water partition coefficient (Wildman–Crippen LogP) is 3.74. The number of benzene rings is 2. The first-order chi connectivity index (χ1) is 12.1. The second-order valence-electron chi connectivity index (χ2n) is 6.51. The maximum absolute atomic E-state index is 14.2. The van der Waals surface area contributed by atoms with Crippen LogP contribution >= 0.6 is 0 Å². The van der Waals surface area contributed by atoms with Crippen molar-refractivity contribution in [3.05, 3.63) is 77.1 Å². The van der Waals surface area contributed by atoms with Gasteiger partial charge in [-0.15, -0.1) is 0 Å². The maximum atomic E-state index is 14.2. The highest BCUT2D eigenvalue weighted by atomic mass is 19.1. The third-order valence-electron chi connectivity index (χ3n) is 4.72. The summed E-state index contributed by atoms with van der Waals surface area (Å²) in [6, 6.07) is 16.5. The van der Waals surface area contributed by atoms with E-state index < -0.39 is 0 Å². The van der Waals surface area contributed by atoms with Crippen LogP contribution in [0.25, 0.3) is 6.08 Å². The van der Waals surface area contributed by atoms with Gasteiger partial charge in [-0.05, 0) is 31.7 Å². The molecule has 1 amide bonds. The standard InChI is InChI=1S/C21H23FN2O/c1-16(14-17-8-4-3-5-9-17)21(25)24-13-12-23(2)20(15-24)18-10-6-7-11-19(18)22/h3-11,14,20H,12-13,15H2,1-2H3/b16-14+. The van der Waals surface area contributed by atoms with Gasteiger partial charge in [-0.25, -0.2) is 4.39 Å². The fraction of sp³-hybridized carbons (Fsp3) is 0.286. The molecule has 4 heteroatoms. The van der Waals surface area contributed by atoms with Crippen LogP contribution in [0.1, 0.15) is 24.1 Å². The van der Waals surface area contributed by atoms with Gasteiger partial charge >= 0.3 is 0 Å². The highest BCUT2D eigenvalue weighted by Crippen LogP contribution is 2.27. The van der Waals surface area contributed by atoms with Crippen molar-refractivity contribution < 1.29 is 9.18 Å². The Bertz CT molecular complexity index is 772. The lowest BCUT2D eigenvalue weighted by molar-refractivity contribution is -0.129. The summed E-state index contributed by atoms with van der Waals surface area (Å²) in [5.41, 5.74) is 2.35. The largest absolute Gasteiger partial charge is 0.336 e. The molecule has 1 aliphatic heterocycles. The van der Waals surface area contributed by atoms with Gasteiger partial charge in [0, 0.05) is 30.8 Å². The minimum Gasteiger partial charge on any atom is -0.336 e. The van der Waals surface area contributed by atoms with Crippen molar-refractivity contribution in [3.63, 3.8) is 0 Å². The number of carbonyl (C=O) groups is 1. The molecule has 0 spiro atoms. The van der Waals surface area contributed by atoms with E-state index in [1.54, 1.807) is 12.1 Å². The van der Waals surface area contributed by atoms with Crippen LogP contribution in [0.3, 0.4) is 0 Å². The molecule has 0 radical (unpaired) electrons. The fourth-order valence-corrected chi connectivity index (χ4v) is 3.25. The molecule has 1 unspecified atom stereocenters. The number of piperazine rings is 1. The molecule has 3 rings (SSSR count). The van der Waals surface area contributed by atoms with E-state index in [0.717, 1.165) is 12.1 Å². The zero-order valence-electron chi connectivity index (χ0n) is 14.7. The van der Waals surface area contributed by atoms with Crippen LogP contribution in [0.5, 0.6) is 0 Å². The van der Waals surface area contributed by atoms with E-state index in [4.69, 9.17) is 0 Å². The van der Waals surface area contributed by atoms with Crippen LogP contribution in [0.15, 0.2) is 60.2 Å². The minimum atomic E-state index is -0.217. The van der Waals surface area contributed by atoms with Gasteiger partial charge in [0.2, 0.25) is 5.91 Å². The Hall–Kier alpha value is -2.46. The number of carbonyl (C=O) groups excluding carboxylic acids is 1. The van der Waals surface area contributed by atoms with E-state index >= 15 is 0 Å². The highest BCUT2D eigenvalue weighted by molar-refractivity contribution is 5.97. The SMILES string of the molecule is C/C(=C\c1ccccc1)C(=O)N1CCN(C)C(c2ccccc2F)C1. The topological polar surface area (TPSA) is 23.6 Å². The van der Waals surface area contributed by atoms with Crippen molar-refractivity contribution in [2.24, 2.45) is 0 Å². The van der Waals surface area contributed by atoms with Gasteiger partial charge in [-0.3, -0.25) is 9.69 Å². The zero-order valence-corrected chi connectivity index (χ0v) is 14.7. The second-order valence-corrected chi connectivity index (χ2v) is 6.51. The summed E-state index contributed by atoms with van der Waals surface area (Å²) in [5.74, 6) is -0.205. The predicted molar refractivity (Wildman–Crippen MR) is 98.4 cm³/mol. The van der Waals surface area contributed by atoms with Gasteiger partial charge in [0.05, 0.1) is 6.04 Å². The third kappa shape index (κ3) is 3.97. The van der Waals surface area contributed by atoms with Gasteiger partial charge < -0.3 is 4.90 Å². The van der Waals surface area contributed by atoms with Crippen molar-refractivity contribution in [3.8, 4) is 0 Å². The van der Waals surface area contributed by atoms with Gasteiger partial charge in [0.15, 0.2) is 0 Å². The Labute approximate surface area is 148 Å². The molecule has 1 aliphatic rings. The molecule has 25 heavy (non-hydrogen) atoms. The smallest absolute Gasteiger partial charge is 0.249 e. The molecule has 1 atom stereocenters. The van der Waals surface area contributed by atoms with Gasteiger partial charge in [-0.2, -0.15) is 0 Å². The first-order valence-corrected chi connectivity index (χ1v) is 8.53. The summed E-state index contributed by atoms with van der Waals surface area (Å²) in [5, 5.41) is 0. The molecule has 0 N–H and O–H groups in total. The van der Waals surface area contributed by atoms with Gasteiger partial charge in [0.25, 0.3) is 0 Å². The average Bonchev–Trinajstić information content (AvgIpc) is 2.63. The molecular weight excluding hydrogens is 315 g/mol. The molecule has 1 heterocycles. The molecule has 2 aromatic rings. The zero-order chi connectivity index (χ0) is 17.8. The van der Waals surface area contributed by atoms with Gasteiger partial charge in [-0.1, -0.05) is 48.5 Å². The molecule has 0 aliphatic carbocycles. The summed E-state index contributed by atoms with van der Waals surface area (Å²) in [4.78, 5) is 16.8. The molecule has 1 fully saturated rings. The van der Waals surface area contributed by atoms with E-state index in [2.05, 4.69) is 4.90 Å². The average molecular weight is 338 g/mol. The Morgan fingerprint density at radius 3 is 2.48 bits per heavy atom. The van der Waals surface area contributed by atoms with Crippen LogP contribution in [0, 0.1) is 5.82 Å². The van der Waals surface area contributed by atoms with Crippen molar-refractivity contribution in [2.45, 2.75) is 13.0 Å². The molecular formula is C21H23FN2O. The summed E-state index contributed by atoms with van der Waals surface area (Å²) in [6.07, 6.45) is 1.90. The van der Waals surface area contributed by atoms with Crippen LogP contribution in [-0.2, 0) is 4.79 Å². The Balaban J connectivity index is 1.78. The van der Waals surface area contributed by atoms with E-state index in [0.29, 0.717) is 24.2 Å². The molecule has 0 saturated carbocycles. The number of halogens is 1. The number of rotatable bonds is 3. The van der Waals surface area contributed by atoms with Crippen molar-refractivity contribution in [1.82, 2.24) is 9.80 Å².